The number of nitrogens with one attached hydrogen (secondary N) is 3. The van der Waals surface area contributed by atoms with Gasteiger partial charge < -0.3 is 15.6 Å². The molecular weight excluding hydrogens is 473 g/mol. The lowest BCUT2D eigenvalue weighted by molar-refractivity contribution is -0.131. The van der Waals surface area contributed by atoms with Gasteiger partial charge in [-0.1, -0.05) is 0 Å². The first-order chi connectivity index (χ1) is 16.6. The van der Waals surface area contributed by atoms with Crippen molar-refractivity contribution in [3.63, 3.8) is 0 Å². The highest BCUT2D eigenvalue weighted by Gasteiger charge is 2.45. The minimum atomic E-state index is -4.27. The molecule has 0 saturated heterocycles. The van der Waals surface area contributed by atoms with E-state index in [0.29, 0.717) is 22.1 Å². The van der Waals surface area contributed by atoms with Gasteiger partial charge in [-0.3, -0.25) is 4.79 Å². The average molecular weight is 493 g/mol. The van der Waals surface area contributed by atoms with Crippen LogP contribution < -0.4 is 10.6 Å². The second-order valence-electron chi connectivity index (χ2n) is 8.59. The summed E-state index contributed by atoms with van der Waals surface area (Å²) >= 11 is 0. The predicted molar refractivity (Wildman–Crippen MR) is 117 cm³/mol. The number of aromatic amines is 1. The predicted octanol–water partition coefficient (Wildman–Crippen LogP) is 4.41. The molecule has 0 unspecified atom stereocenters. The zero-order chi connectivity index (χ0) is 24.8. The van der Waals surface area contributed by atoms with Crippen LogP contribution in [-0.2, 0) is 0 Å². The fourth-order valence-corrected chi connectivity index (χ4v) is 4.13. The molecule has 8 nitrogen and oxygen atoms in total. The van der Waals surface area contributed by atoms with Gasteiger partial charge >= 0.3 is 6.18 Å². The molecule has 4 heterocycles. The van der Waals surface area contributed by atoms with Crippen LogP contribution in [0, 0.1) is 5.92 Å². The van der Waals surface area contributed by atoms with Crippen LogP contribution in [-0.4, -0.2) is 55.7 Å². The number of hydrogen-bond donors (Lipinski definition) is 3. The quantitative estimate of drug-likeness (QED) is 0.331. The van der Waals surface area contributed by atoms with E-state index in [-0.39, 0.29) is 37.8 Å². The van der Waals surface area contributed by atoms with Gasteiger partial charge in [0, 0.05) is 55.5 Å². The highest BCUT2D eigenvalue weighted by Crippen LogP contribution is 2.41. The normalized spacial score (nSPS) is 15.9. The summed E-state index contributed by atoms with van der Waals surface area (Å²) in [5.41, 5.74) is 2.74. The summed E-state index contributed by atoms with van der Waals surface area (Å²) in [6.45, 7) is -0.168. The van der Waals surface area contributed by atoms with Crippen molar-refractivity contribution < 1.29 is 26.7 Å². The van der Waals surface area contributed by atoms with Crippen LogP contribution in [0.1, 0.15) is 29.6 Å². The van der Waals surface area contributed by atoms with Crippen molar-refractivity contribution in [1.29, 1.82) is 0 Å². The van der Waals surface area contributed by atoms with Crippen LogP contribution in [0.2, 0.25) is 0 Å². The summed E-state index contributed by atoms with van der Waals surface area (Å²) < 4.78 is 64.6. The molecule has 0 atom stereocenters. The van der Waals surface area contributed by atoms with E-state index in [9.17, 15) is 26.7 Å². The van der Waals surface area contributed by atoms with Crippen LogP contribution in [0.4, 0.5) is 27.9 Å². The summed E-state index contributed by atoms with van der Waals surface area (Å²) in [7, 11) is 0. The van der Waals surface area contributed by atoms with Crippen molar-refractivity contribution in [2.45, 2.75) is 31.4 Å². The van der Waals surface area contributed by atoms with Crippen molar-refractivity contribution in [2.24, 2.45) is 5.92 Å². The van der Waals surface area contributed by atoms with E-state index in [1.54, 1.807) is 24.5 Å². The van der Waals surface area contributed by atoms with Gasteiger partial charge in [0.2, 0.25) is 11.9 Å². The summed E-state index contributed by atoms with van der Waals surface area (Å²) in [5.74, 6) is -3.21. The Kier molecular flexibility index (Phi) is 5.56. The molecule has 4 aromatic rings. The lowest BCUT2D eigenvalue weighted by Gasteiger charge is -2.34. The smallest absolute Gasteiger partial charge is 0.354 e. The van der Waals surface area contributed by atoms with Crippen LogP contribution in [0.25, 0.3) is 27.7 Å². The second kappa shape index (κ2) is 8.47. The standard InChI is InChI=1S/C22H20F5N7O/c23-21(24)6-12(7-21)8-30-19(35)16-11-32-34-4-1-13(5-17(16)34)14-9-29-18-15(14)10-31-20(33-18)28-3-2-22(25,26)27/h1,4-5,9-12H,2-3,6-8H2,(H,30,35)(H2,28,29,31,33). The number of anilines is 1. The van der Waals surface area contributed by atoms with E-state index in [1.165, 1.54) is 16.9 Å². The Bertz CT molecular complexity index is 1390. The maximum absolute atomic E-state index is 13.0. The third-order valence-corrected chi connectivity index (χ3v) is 5.93. The van der Waals surface area contributed by atoms with E-state index in [1.807, 2.05) is 0 Å². The molecular formula is C22H20F5N7O. The van der Waals surface area contributed by atoms with E-state index in [4.69, 9.17) is 0 Å². The van der Waals surface area contributed by atoms with E-state index in [0.717, 1.165) is 11.1 Å². The molecule has 3 N–H and O–H groups in total. The van der Waals surface area contributed by atoms with Crippen LogP contribution in [0.5, 0.6) is 0 Å². The first-order valence-electron chi connectivity index (χ1n) is 10.9. The fraction of sp³-hybridized carbons (Fsp3) is 0.364. The average Bonchev–Trinajstić information content (AvgIpc) is 3.38. The molecule has 5 rings (SSSR count). The van der Waals surface area contributed by atoms with E-state index in [2.05, 4.69) is 30.7 Å². The maximum Gasteiger partial charge on any atom is 0.390 e. The molecule has 4 aromatic heterocycles. The molecule has 184 valence electrons. The van der Waals surface area contributed by atoms with Crippen molar-refractivity contribution >= 4 is 28.4 Å². The lowest BCUT2D eigenvalue weighted by atomic mass is 9.81. The number of aromatic nitrogens is 5. The van der Waals surface area contributed by atoms with Crippen molar-refractivity contribution in [2.75, 3.05) is 18.4 Å². The third kappa shape index (κ3) is 4.88. The molecule has 1 fully saturated rings. The number of amides is 1. The SMILES string of the molecule is O=C(NCC1CC(F)(F)C1)c1cnn2ccc(-c3c[nH]c4nc(NCCC(F)(F)F)ncc34)cc12. The van der Waals surface area contributed by atoms with Gasteiger partial charge in [0.05, 0.1) is 23.7 Å². The number of alkyl halides is 5. The Morgan fingerprint density at radius 2 is 2.06 bits per heavy atom. The van der Waals surface area contributed by atoms with Gasteiger partial charge in [-0.15, -0.1) is 0 Å². The molecule has 1 aliphatic carbocycles. The summed E-state index contributed by atoms with van der Waals surface area (Å²) in [5, 5.41) is 10.1. The van der Waals surface area contributed by atoms with Crippen molar-refractivity contribution in [3.8, 4) is 11.1 Å². The summed E-state index contributed by atoms with van der Waals surface area (Å²) in [6, 6.07) is 3.55. The minimum absolute atomic E-state index is 0.0737. The number of carbonyl (C=O) groups excluding carboxylic acids is 1. The van der Waals surface area contributed by atoms with E-state index < -0.39 is 24.4 Å². The number of halogens is 5. The number of rotatable bonds is 7. The Labute approximate surface area is 194 Å². The fourth-order valence-electron chi connectivity index (χ4n) is 4.13. The van der Waals surface area contributed by atoms with Crippen LogP contribution in [0.3, 0.4) is 0 Å². The summed E-state index contributed by atoms with van der Waals surface area (Å²) in [6.07, 6.45) is 0.568. The topological polar surface area (TPSA) is 100 Å². The molecule has 35 heavy (non-hydrogen) atoms. The van der Waals surface area contributed by atoms with Crippen molar-refractivity contribution in [1.82, 2.24) is 29.9 Å². The highest BCUT2D eigenvalue weighted by atomic mass is 19.4. The largest absolute Gasteiger partial charge is 0.390 e. The van der Waals surface area contributed by atoms with Crippen LogP contribution >= 0.6 is 0 Å². The Morgan fingerprint density at radius 3 is 2.80 bits per heavy atom. The molecule has 1 saturated carbocycles. The van der Waals surface area contributed by atoms with E-state index >= 15 is 0 Å². The number of hydrogen-bond acceptors (Lipinski definition) is 5. The number of H-pyrrole nitrogens is 1. The molecule has 1 aliphatic rings. The zero-order valence-corrected chi connectivity index (χ0v) is 18.2. The Hall–Kier alpha value is -3.77. The maximum atomic E-state index is 13.0. The van der Waals surface area contributed by atoms with Crippen LogP contribution in [0.15, 0.2) is 36.9 Å². The monoisotopic (exact) mass is 493 g/mol. The number of carbonyl (C=O) groups is 1. The number of fused-ring (bicyclic) bond motifs is 2. The Morgan fingerprint density at radius 1 is 1.26 bits per heavy atom. The first-order valence-corrected chi connectivity index (χ1v) is 10.9. The Balaban J connectivity index is 1.34. The van der Waals surface area contributed by atoms with Gasteiger partial charge in [0.15, 0.2) is 0 Å². The number of pyridine rings is 1. The van der Waals surface area contributed by atoms with Gasteiger partial charge in [-0.25, -0.2) is 18.3 Å². The molecule has 0 spiro atoms. The molecule has 0 aliphatic heterocycles. The van der Waals surface area contributed by atoms with Gasteiger partial charge in [0.1, 0.15) is 5.65 Å². The molecule has 13 heteroatoms. The third-order valence-electron chi connectivity index (χ3n) is 5.93. The second-order valence-corrected chi connectivity index (χ2v) is 8.59. The lowest BCUT2D eigenvalue weighted by Crippen LogP contribution is -2.42. The molecule has 0 aromatic carbocycles. The molecule has 0 bridgehead atoms. The first kappa shape index (κ1) is 23.0. The molecule has 1 amide bonds. The van der Waals surface area contributed by atoms with Gasteiger partial charge in [0.25, 0.3) is 5.91 Å². The van der Waals surface area contributed by atoms with Gasteiger partial charge in [-0.2, -0.15) is 23.3 Å². The molecule has 0 radical (unpaired) electrons. The van der Waals surface area contributed by atoms with Crippen molar-refractivity contribution in [3.05, 3.63) is 42.5 Å². The minimum Gasteiger partial charge on any atom is -0.354 e. The van der Waals surface area contributed by atoms with Gasteiger partial charge in [-0.05, 0) is 23.6 Å². The number of nitrogens with zero attached hydrogens (tertiary/aromatic N) is 4. The highest BCUT2D eigenvalue weighted by molar-refractivity contribution is 6.02. The summed E-state index contributed by atoms with van der Waals surface area (Å²) in [4.78, 5) is 24.0. The zero-order valence-electron chi connectivity index (χ0n) is 18.2.